The molecule has 3 rings (SSSR count). The zero-order valence-electron chi connectivity index (χ0n) is 11.8. The first kappa shape index (κ1) is 15.0. The summed E-state index contributed by atoms with van der Waals surface area (Å²) < 4.78 is 6.69. The van der Waals surface area contributed by atoms with Crippen LogP contribution in [0.15, 0.2) is 24.3 Å². The molecule has 0 radical (unpaired) electrons. The molecule has 2 heterocycles. The molecule has 1 aliphatic heterocycles. The molecule has 1 aromatic carbocycles. The number of rotatable bonds is 3. The normalized spacial score (nSPS) is 17.2. The summed E-state index contributed by atoms with van der Waals surface area (Å²) in [5.41, 5.74) is 2.21. The highest BCUT2D eigenvalue weighted by atomic mass is 127. The highest BCUT2D eigenvalue weighted by Gasteiger charge is 2.26. The van der Waals surface area contributed by atoms with E-state index >= 15 is 0 Å². The third kappa shape index (κ3) is 3.01. The predicted octanol–water partition coefficient (Wildman–Crippen LogP) is 4.60. The van der Waals surface area contributed by atoms with Crippen molar-refractivity contribution in [3.05, 3.63) is 50.1 Å². The second-order valence-corrected chi connectivity index (χ2v) is 6.55. The summed E-state index contributed by atoms with van der Waals surface area (Å²) in [6.07, 6.45) is 2.87. The minimum atomic E-state index is 0.167. The Morgan fingerprint density at radius 1 is 1.33 bits per heavy atom. The Morgan fingerprint density at radius 2 is 2.14 bits per heavy atom. The number of aromatic nitrogens is 2. The molecule has 5 heteroatoms. The second-order valence-electron chi connectivity index (χ2n) is 5.11. The van der Waals surface area contributed by atoms with Crippen molar-refractivity contribution >= 4 is 34.2 Å². The van der Waals surface area contributed by atoms with E-state index in [1.165, 1.54) is 0 Å². The molecule has 3 nitrogen and oxygen atoms in total. The minimum absolute atomic E-state index is 0.167. The molecule has 1 aromatic heterocycles. The zero-order valence-corrected chi connectivity index (χ0v) is 14.7. The molecule has 1 unspecified atom stereocenters. The molecule has 0 amide bonds. The molecule has 1 aliphatic rings. The maximum absolute atomic E-state index is 6.31. The SMILES string of the molecule is CCCc1nc(C2CCOc3ccccc32)nc(Cl)c1I. The summed E-state index contributed by atoms with van der Waals surface area (Å²) in [4.78, 5) is 9.32. The lowest BCUT2D eigenvalue weighted by molar-refractivity contribution is 0.274. The molecule has 21 heavy (non-hydrogen) atoms. The van der Waals surface area contributed by atoms with Gasteiger partial charge in [0.15, 0.2) is 0 Å². The van der Waals surface area contributed by atoms with Crippen LogP contribution in [0.3, 0.4) is 0 Å². The number of benzene rings is 1. The molecular weight excluding hydrogens is 399 g/mol. The molecular formula is C16H16ClIN2O. The Hall–Kier alpha value is -0.880. The van der Waals surface area contributed by atoms with E-state index in [0.717, 1.165) is 45.7 Å². The number of halogens is 2. The van der Waals surface area contributed by atoms with Gasteiger partial charge in [0.05, 0.1) is 21.8 Å². The van der Waals surface area contributed by atoms with Gasteiger partial charge in [-0.3, -0.25) is 0 Å². The molecule has 0 aliphatic carbocycles. The van der Waals surface area contributed by atoms with Crippen molar-refractivity contribution in [3.63, 3.8) is 0 Å². The van der Waals surface area contributed by atoms with Crippen molar-refractivity contribution in [2.75, 3.05) is 6.61 Å². The third-order valence-corrected chi connectivity index (χ3v) is 5.38. The monoisotopic (exact) mass is 414 g/mol. The van der Waals surface area contributed by atoms with Gasteiger partial charge in [-0.2, -0.15) is 0 Å². The molecule has 0 fully saturated rings. The molecule has 2 aromatic rings. The molecule has 110 valence electrons. The summed E-state index contributed by atoms with van der Waals surface area (Å²) in [7, 11) is 0. The van der Waals surface area contributed by atoms with Gasteiger partial charge >= 0.3 is 0 Å². The number of hydrogen-bond acceptors (Lipinski definition) is 3. The van der Waals surface area contributed by atoms with Crippen LogP contribution in [0.2, 0.25) is 5.15 Å². The fourth-order valence-electron chi connectivity index (χ4n) is 2.65. The molecule has 1 atom stereocenters. The number of fused-ring (bicyclic) bond motifs is 1. The van der Waals surface area contributed by atoms with Gasteiger partial charge in [-0.1, -0.05) is 43.1 Å². The Labute approximate surface area is 143 Å². The highest BCUT2D eigenvalue weighted by Crippen LogP contribution is 2.37. The van der Waals surface area contributed by atoms with Crippen LogP contribution in [0.1, 0.15) is 42.8 Å². The smallest absolute Gasteiger partial charge is 0.146 e. The van der Waals surface area contributed by atoms with Crippen LogP contribution in [-0.2, 0) is 6.42 Å². The summed E-state index contributed by atoms with van der Waals surface area (Å²) in [6, 6.07) is 8.11. The minimum Gasteiger partial charge on any atom is -0.493 e. The maximum Gasteiger partial charge on any atom is 0.146 e. The Bertz CT molecular complexity index is 663. The number of nitrogens with zero attached hydrogens (tertiary/aromatic N) is 2. The Kier molecular flexibility index (Phi) is 4.64. The zero-order chi connectivity index (χ0) is 14.8. The number of aryl methyl sites for hydroxylation is 1. The maximum atomic E-state index is 6.31. The summed E-state index contributed by atoms with van der Waals surface area (Å²) in [5.74, 6) is 1.92. The van der Waals surface area contributed by atoms with E-state index in [2.05, 4.69) is 40.6 Å². The van der Waals surface area contributed by atoms with Crippen molar-refractivity contribution in [2.24, 2.45) is 0 Å². The number of hydrogen-bond donors (Lipinski definition) is 0. The number of ether oxygens (including phenoxy) is 1. The first-order valence-corrected chi connectivity index (χ1v) is 8.60. The van der Waals surface area contributed by atoms with E-state index in [-0.39, 0.29) is 5.92 Å². The van der Waals surface area contributed by atoms with E-state index in [1.54, 1.807) is 0 Å². The summed E-state index contributed by atoms with van der Waals surface area (Å²) >= 11 is 8.55. The standard InChI is InChI=1S/C16H16ClIN2O/c1-2-5-12-14(18)15(17)20-16(19-12)11-8-9-21-13-7-4-3-6-10(11)13/h3-4,6-7,11H,2,5,8-9H2,1H3. The van der Waals surface area contributed by atoms with E-state index in [1.807, 2.05) is 18.2 Å². The fraction of sp³-hybridized carbons (Fsp3) is 0.375. The van der Waals surface area contributed by atoms with Crippen molar-refractivity contribution < 1.29 is 4.74 Å². The first-order valence-electron chi connectivity index (χ1n) is 7.14. The lowest BCUT2D eigenvalue weighted by Crippen LogP contribution is -2.18. The lowest BCUT2D eigenvalue weighted by Gasteiger charge is -2.25. The topological polar surface area (TPSA) is 35.0 Å². The van der Waals surface area contributed by atoms with E-state index in [0.29, 0.717) is 11.8 Å². The summed E-state index contributed by atoms with van der Waals surface area (Å²) in [5, 5.41) is 0.563. The third-order valence-electron chi connectivity index (χ3n) is 3.65. The Balaban J connectivity index is 2.05. The van der Waals surface area contributed by atoms with Crippen molar-refractivity contribution in [1.82, 2.24) is 9.97 Å². The average molecular weight is 415 g/mol. The van der Waals surface area contributed by atoms with Gasteiger partial charge in [-0.25, -0.2) is 9.97 Å². The molecule has 0 N–H and O–H groups in total. The fourth-order valence-corrected chi connectivity index (χ4v) is 3.36. The van der Waals surface area contributed by atoms with E-state index in [4.69, 9.17) is 21.3 Å². The van der Waals surface area contributed by atoms with Gasteiger partial charge in [0.1, 0.15) is 16.7 Å². The van der Waals surface area contributed by atoms with Crippen LogP contribution >= 0.6 is 34.2 Å². The van der Waals surface area contributed by atoms with Gasteiger partial charge in [0.2, 0.25) is 0 Å². The van der Waals surface area contributed by atoms with Crippen LogP contribution in [0.4, 0.5) is 0 Å². The second kappa shape index (κ2) is 6.48. The van der Waals surface area contributed by atoms with E-state index < -0.39 is 0 Å². The Morgan fingerprint density at radius 3 is 2.95 bits per heavy atom. The van der Waals surface area contributed by atoms with Crippen LogP contribution in [0, 0.1) is 3.57 Å². The quantitative estimate of drug-likeness (QED) is 0.544. The van der Waals surface area contributed by atoms with Crippen LogP contribution in [-0.4, -0.2) is 16.6 Å². The number of para-hydroxylation sites is 1. The first-order chi connectivity index (χ1) is 10.2. The molecule has 0 bridgehead atoms. The van der Waals surface area contributed by atoms with Gasteiger partial charge in [-0.05, 0) is 41.5 Å². The molecule has 0 saturated carbocycles. The van der Waals surface area contributed by atoms with Gasteiger partial charge in [0, 0.05) is 5.56 Å². The lowest BCUT2D eigenvalue weighted by atomic mass is 9.92. The molecule has 0 saturated heterocycles. The van der Waals surface area contributed by atoms with Crippen LogP contribution < -0.4 is 4.74 Å². The summed E-state index contributed by atoms with van der Waals surface area (Å²) in [6.45, 7) is 2.84. The van der Waals surface area contributed by atoms with Gasteiger partial charge < -0.3 is 4.74 Å². The van der Waals surface area contributed by atoms with Gasteiger partial charge in [0.25, 0.3) is 0 Å². The van der Waals surface area contributed by atoms with Crippen LogP contribution in [0.5, 0.6) is 5.75 Å². The van der Waals surface area contributed by atoms with Gasteiger partial charge in [-0.15, -0.1) is 0 Å². The largest absolute Gasteiger partial charge is 0.493 e. The predicted molar refractivity (Wildman–Crippen MR) is 92.2 cm³/mol. The van der Waals surface area contributed by atoms with Crippen molar-refractivity contribution in [3.8, 4) is 5.75 Å². The van der Waals surface area contributed by atoms with Crippen molar-refractivity contribution in [2.45, 2.75) is 32.1 Å². The average Bonchev–Trinajstić information content (AvgIpc) is 2.51. The van der Waals surface area contributed by atoms with E-state index in [9.17, 15) is 0 Å². The van der Waals surface area contributed by atoms with Crippen molar-refractivity contribution in [1.29, 1.82) is 0 Å². The van der Waals surface area contributed by atoms with Crippen LogP contribution in [0.25, 0.3) is 0 Å². The molecule has 0 spiro atoms. The highest BCUT2D eigenvalue weighted by molar-refractivity contribution is 14.1.